The van der Waals surface area contributed by atoms with Crippen molar-refractivity contribution in [1.82, 2.24) is 4.90 Å². The van der Waals surface area contributed by atoms with E-state index in [1.165, 1.54) is 6.07 Å². The Hall–Kier alpha value is -2.90. The lowest BCUT2D eigenvalue weighted by Crippen LogP contribution is -2.14. The highest BCUT2D eigenvalue weighted by atomic mass is 19.2. The monoisotopic (exact) mass is 396 g/mol. The highest BCUT2D eigenvalue weighted by molar-refractivity contribution is 5.92. The maximum atomic E-state index is 13.7. The summed E-state index contributed by atoms with van der Waals surface area (Å²) in [5.41, 5.74) is 1.06. The molecule has 2 aromatic rings. The molecule has 0 bridgehead atoms. The quantitative estimate of drug-likeness (QED) is 0.231. The van der Waals surface area contributed by atoms with Crippen molar-refractivity contribution in [3.63, 3.8) is 0 Å². The summed E-state index contributed by atoms with van der Waals surface area (Å²) >= 11 is 0. The van der Waals surface area contributed by atoms with E-state index in [2.05, 4.69) is 4.99 Å². The number of esters is 1. The van der Waals surface area contributed by atoms with Gasteiger partial charge in [0, 0.05) is 19.7 Å². The number of hydrogen-bond donors (Lipinski definition) is 0. The molecule has 2 aromatic carbocycles. The van der Waals surface area contributed by atoms with Gasteiger partial charge in [0.05, 0.1) is 23.2 Å². The normalized spacial score (nSPS) is 11.1. The molecule has 0 N–H and O–H groups in total. The fourth-order valence-electron chi connectivity index (χ4n) is 2.37. The zero-order valence-corrected chi connectivity index (χ0v) is 15.9. The molecule has 2 rings (SSSR count). The van der Waals surface area contributed by atoms with Crippen molar-refractivity contribution in [2.45, 2.75) is 27.4 Å². The fraction of sp³-hybridized carbons (Fsp3) is 0.300. The van der Waals surface area contributed by atoms with E-state index in [1.54, 1.807) is 26.3 Å². The first-order chi connectivity index (χ1) is 13.1. The van der Waals surface area contributed by atoms with Crippen molar-refractivity contribution in [2.75, 3.05) is 13.6 Å². The number of benzene rings is 2. The van der Waals surface area contributed by atoms with E-state index in [1.807, 2.05) is 18.9 Å². The average Bonchev–Trinajstić information content (AvgIpc) is 2.66. The van der Waals surface area contributed by atoms with E-state index < -0.39 is 41.4 Å². The van der Waals surface area contributed by atoms with Crippen molar-refractivity contribution in [1.29, 1.82) is 0 Å². The minimum absolute atomic E-state index is 0.0959. The zero-order valence-electron chi connectivity index (χ0n) is 15.9. The second-order valence-electron chi connectivity index (χ2n) is 6.29. The summed E-state index contributed by atoms with van der Waals surface area (Å²) in [6.45, 7) is 5.21. The standard InChI is InChI=1S/C20H20F4N2O2/c1-5-26(4)10-25-17-7-11(2)13(6-12(17)3)20(27)28-9-14-18(23)15(21)8-16(22)19(14)24/h6-8,10H,5,9H2,1-4H3/b25-10+. The van der Waals surface area contributed by atoms with Gasteiger partial charge < -0.3 is 9.64 Å². The second-order valence-corrected chi connectivity index (χ2v) is 6.29. The first-order valence-electron chi connectivity index (χ1n) is 8.50. The molecule has 0 saturated heterocycles. The molecule has 0 aromatic heterocycles. The molecule has 150 valence electrons. The Kier molecular flexibility index (Phi) is 6.77. The van der Waals surface area contributed by atoms with Gasteiger partial charge in [-0.1, -0.05) is 0 Å². The number of nitrogens with zero attached hydrogens (tertiary/aromatic N) is 2. The summed E-state index contributed by atoms with van der Waals surface area (Å²) in [6, 6.07) is 3.31. The molecule has 28 heavy (non-hydrogen) atoms. The third-order valence-electron chi connectivity index (χ3n) is 4.21. The van der Waals surface area contributed by atoms with Crippen LogP contribution < -0.4 is 0 Å². The average molecular weight is 396 g/mol. The maximum Gasteiger partial charge on any atom is 0.338 e. The van der Waals surface area contributed by atoms with Gasteiger partial charge in [-0.25, -0.2) is 27.3 Å². The van der Waals surface area contributed by atoms with Crippen LogP contribution in [0.2, 0.25) is 0 Å². The number of aryl methyl sites for hydroxylation is 2. The predicted octanol–water partition coefficient (Wildman–Crippen LogP) is 4.83. The summed E-state index contributed by atoms with van der Waals surface area (Å²) in [4.78, 5) is 18.5. The third-order valence-corrected chi connectivity index (χ3v) is 4.21. The molecule has 0 atom stereocenters. The van der Waals surface area contributed by atoms with Crippen LogP contribution in [-0.2, 0) is 11.3 Å². The highest BCUT2D eigenvalue weighted by Gasteiger charge is 2.21. The van der Waals surface area contributed by atoms with E-state index in [-0.39, 0.29) is 11.6 Å². The smallest absolute Gasteiger partial charge is 0.338 e. The Bertz CT molecular complexity index is 903. The number of hydrogen-bond acceptors (Lipinski definition) is 3. The Morgan fingerprint density at radius 2 is 1.68 bits per heavy atom. The fourth-order valence-corrected chi connectivity index (χ4v) is 2.37. The van der Waals surface area contributed by atoms with Crippen molar-refractivity contribution in [3.8, 4) is 0 Å². The molecule has 0 amide bonds. The van der Waals surface area contributed by atoms with Crippen LogP contribution in [0.5, 0.6) is 0 Å². The molecule has 0 fully saturated rings. The molecule has 0 aliphatic carbocycles. The lowest BCUT2D eigenvalue weighted by molar-refractivity contribution is 0.0461. The van der Waals surface area contributed by atoms with E-state index in [0.717, 1.165) is 6.54 Å². The lowest BCUT2D eigenvalue weighted by atomic mass is 10.0. The largest absolute Gasteiger partial charge is 0.457 e. The van der Waals surface area contributed by atoms with Gasteiger partial charge in [-0.05, 0) is 44.0 Å². The van der Waals surface area contributed by atoms with Crippen LogP contribution in [0.25, 0.3) is 0 Å². The predicted molar refractivity (Wildman–Crippen MR) is 97.8 cm³/mol. The molecule has 0 unspecified atom stereocenters. The van der Waals surface area contributed by atoms with Crippen molar-refractivity contribution >= 4 is 18.0 Å². The van der Waals surface area contributed by atoms with Crippen LogP contribution in [0.1, 0.15) is 34.0 Å². The Labute approximate surface area is 160 Å². The number of halogens is 4. The molecule has 4 nitrogen and oxygen atoms in total. The van der Waals surface area contributed by atoms with Crippen molar-refractivity contribution < 1.29 is 27.1 Å². The molecule has 0 aliphatic rings. The molecule has 8 heteroatoms. The molecule has 0 spiro atoms. The molecule has 0 radical (unpaired) electrons. The van der Waals surface area contributed by atoms with E-state index >= 15 is 0 Å². The summed E-state index contributed by atoms with van der Waals surface area (Å²) in [5.74, 6) is -7.17. The molecule has 0 saturated carbocycles. The van der Waals surface area contributed by atoms with Gasteiger partial charge >= 0.3 is 5.97 Å². The highest BCUT2D eigenvalue weighted by Crippen LogP contribution is 2.25. The Morgan fingerprint density at radius 3 is 2.25 bits per heavy atom. The van der Waals surface area contributed by atoms with E-state index in [0.29, 0.717) is 16.8 Å². The summed E-state index contributed by atoms with van der Waals surface area (Å²) in [5, 5.41) is 0. The first kappa shape index (κ1) is 21.4. The topological polar surface area (TPSA) is 41.9 Å². The number of carbonyl (C=O) groups is 1. The molecule has 0 heterocycles. The SMILES string of the molecule is CCN(C)/C=N/c1cc(C)c(C(=O)OCc2c(F)c(F)cc(F)c2F)cc1C. The lowest BCUT2D eigenvalue weighted by Gasteiger charge is -2.12. The van der Waals surface area contributed by atoms with Crippen LogP contribution in [0.4, 0.5) is 23.2 Å². The number of aliphatic imine (C=N–C) groups is 1. The van der Waals surface area contributed by atoms with Gasteiger partial charge in [0.1, 0.15) is 6.61 Å². The minimum atomic E-state index is -1.59. The van der Waals surface area contributed by atoms with Gasteiger partial charge in [0.2, 0.25) is 0 Å². The van der Waals surface area contributed by atoms with Crippen LogP contribution in [0.15, 0.2) is 23.2 Å². The summed E-state index contributed by atoms with van der Waals surface area (Å²) in [7, 11) is 1.87. The van der Waals surface area contributed by atoms with Gasteiger partial charge in [0.25, 0.3) is 0 Å². The van der Waals surface area contributed by atoms with Crippen LogP contribution in [-0.4, -0.2) is 30.8 Å². The maximum absolute atomic E-state index is 13.7. The molecular formula is C20H20F4N2O2. The van der Waals surface area contributed by atoms with Crippen molar-refractivity contribution in [3.05, 3.63) is 63.7 Å². The van der Waals surface area contributed by atoms with E-state index in [9.17, 15) is 22.4 Å². The van der Waals surface area contributed by atoms with Gasteiger partial charge in [-0.15, -0.1) is 0 Å². The number of carbonyl (C=O) groups excluding carboxylic acids is 1. The van der Waals surface area contributed by atoms with Crippen LogP contribution in [0, 0.1) is 37.1 Å². The number of rotatable bonds is 6. The number of ether oxygens (including phenoxy) is 1. The summed E-state index contributed by atoms with van der Waals surface area (Å²) < 4.78 is 58.7. The van der Waals surface area contributed by atoms with Crippen LogP contribution in [0.3, 0.4) is 0 Å². The Balaban J connectivity index is 2.22. The first-order valence-corrected chi connectivity index (χ1v) is 8.50. The van der Waals surface area contributed by atoms with Gasteiger partial charge in [-0.3, -0.25) is 0 Å². The van der Waals surface area contributed by atoms with E-state index in [4.69, 9.17) is 4.74 Å². The molecular weight excluding hydrogens is 376 g/mol. The van der Waals surface area contributed by atoms with Gasteiger partial charge in [-0.2, -0.15) is 0 Å². The van der Waals surface area contributed by atoms with Crippen molar-refractivity contribution in [2.24, 2.45) is 4.99 Å². The Morgan fingerprint density at radius 1 is 1.07 bits per heavy atom. The minimum Gasteiger partial charge on any atom is -0.457 e. The molecule has 0 aliphatic heterocycles. The van der Waals surface area contributed by atoms with Gasteiger partial charge in [0.15, 0.2) is 23.3 Å². The summed E-state index contributed by atoms with van der Waals surface area (Å²) in [6.07, 6.45) is 1.66. The second kappa shape index (κ2) is 8.86. The zero-order chi connectivity index (χ0) is 21.0. The third kappa shape index (κ3) is 4.68. The van der Waals surface area contributed by atoms with Crippen LogP contribution >= 0.6 is 0 Å².